The van der Waals surface area contributed by atoms with Gasteiger partial charge in [-0.05, 0) is 13.3 Å². The van der Waals surface area contributed by atoms with Crippen LogP contribution >= 0.6 is 11.8 Å². The van der Waals surface area contributed by atoms with Crippen molar-refractivity contribution < 1.29 is 14.6 Å². The highest BCUT2D eigenvalue weighted by Gasteiger charge is 2.26. The fourth-order valence-electron chi connectivity index (χ4n) is 0.956. The summed E-state index contributed by atoms with van der Waals surface area (Å²) in [6, 6.07) is 0. The molecule has 4 heteroatoms. The minimum absolute atomic E-state index is 0.0744. The molecule has 3 atom stereocenters. The molecule has 0 radical (unpaired) electrons. The molecule has 0 aliphatic carbocycles. The fourth-order valence-corrected chi connectivity index (χ4v) is 1.79. The van der Waals surface area contributed by atoms with E-state index in [-0.39, 0.29) is 24.4 Å². The Hall–Kier alpha value is 0.230. The quantitative estimate of drug-likeness (QED) is 0.726. The van der Waals surface area contributed by atoms with E-state index in [1.54, 1.807) is 11.8 Å². The molecular weight excluding hydrogens is 176 g/mol. The van der Waals surface area contributed by atoms with Gasteiger partial charge in [-0.1, -0.05) is 6.92 Å². The van der Waals surface area contributed by atoms with E-state index in [4.69, 9.17) is 14.6 Å². The van der Waals surface area contributed by atoms with E-state index in [1.807, 2.05) is 6.92 Å². The highest BCUT2D eigenvalue weighted by molar-refractivity contribution is 8.00. The molecule has 0 amide bonds. The lowest BCUT2D eigenvalue weighted by Crippen LogP contribution is -2.22. The molecule has 1 rings (SSSR count). The van der Waals surface area contributed by atoms with E-state index in [1.165, 1.54) is 0 Å². The van der Waals surface area contributed by atoms with Gasteiger partial charge in [0, 0.05) is 5.75 Å². The van der Waals surface area contributed by atoms with E-state index < -0.39 is 0 Å². The van der Waals surface area contributed by atoms with Gasteiger partial charge in [0.05, 0.1) is 12.7 Å². The topological polar surface area (TPSA) is 38.7 Å². The first-order chi connectivity index (χ1) is 5.76. The van der Waals surface area contributed by atoms with Crippen molar-refractivity contribution in [3.05, 3.63) is 0 Å². The molecule has 72 valence electrons. The van der Waals surface area contributed by atoms with Crippen LogP contribution in [0.5, 0.6) is 0 Å². The van der Waals surface area contributed by atoms with E-state index in [9.17, 15) is 0 Å². The van der Waals surface area contributed by atoms with Crippen LogP contribution in [0.15, 0.2) is 0 Å². The summed E-state index contributed by atoms with van der Waals surface area (Å²) < 4.78 is 10.9. The lowest BCUT2D eigenvalue weighted by atomic mass is 10.3. The number of rotatable bonds is 4. The largest absolute Gasteiger partial charge is 0.393 e. The van der Waals surface area contributed by atoms with Gasteiger partial charge >= 0.3 is 0 Å². The molecule has 0 aromatic carbocycles. The lowest BCUT2D eigenvalue weighted by molar-refractivity contribution is -0.156. The van der Waals surface area contributed by atoms with E-state index in [0.29, 0.717) is 0 Å². The van der Waals surface area contributed by atoms with Crippen molar-refractivity contribution >= 4 is 11.8 Å². The monoisotopic (exact) mass is 192 g/mol. The van der Waals surface area contributed by atoms with Gasteiger partial charge in [0.25, 0.3) is 0 Å². The Morgan fingerprint density at radius 1 is 1.75 bits per heavy atom. The van der Waals surface area contributed by atoms with Crippen LogP contribution in [0.2, 0.25) is 0 Å². The van der Waals surface area contributed by atoms with Crippen LogP contribution < -0.4 is 0 Å². The molecule has 0 spiro atoms. The Balaban J connectivity index is 2.18. The van der Waals surface area contributed by atoms with Gasteiger partial charge < -0.3 is 14.6 Å². The number of ether oxygens (including phenoxy) is 2. The van der Waals surface area contributed by atoms with E-state index >= 15 is 0 Å². The minimum Gasteiger partial charge on any atom is -0.393 e. The van der Waals surface area contributed by atoms with Gasteiger partial charge in [0.15, 0.2) is 6.29 Å². The number of aliphatic hydroxyl groups is 1. The summed E-state index contributed by atoms with van der Waals surface area (Å²) >= 11 is 1.61. The molecule has 1 saturated heterocycles. The van der Waals surface area contributed by atoms with Crippen LogP contribution in [0.1, 0.15) is 20.3 Å². The van der Waals surface area contributed by atoms with Gasteiger partial charge in [-0.25, -0.2) is 0 Å². The maximum Gasteiger partial charge on any atom is 0.168 e. The Morgan fingerprint density at radius 3 is 3.00 bits per heavy atom. The van der Waals surface area contributed by atoms with Crippen molar-refractivity contribution in [2.75, 3.05) is 12.4 Å². The summed E-state index contributed by atoms with van der Waals surface area (Å²) in [6.45, 7) is 4.18. The molecule has 0 saturated carbocycles. The maximum atomic E-state index is 8.77. The SMILES string of the molecule is CCC(C)OC1CS[C@H](CO)O1. The third-order valence-electron chi connectivity index (χ3n) is 1.83. The Kier molecular flexibility index (Phi) is 4.35. The highest BCUT2D eigenvalue weighted by Crippen LogP contribution is 2.26. The van der Waals surface area contributed by atoms with Crippen LogP contribution in [0, 0.1) is 0 Å². The molecule has 0 aromatic rings. The Morgan fingerprint density at radius 2 is 2.50 bits per heavy atom. The molecule has 0 bridgehead atoms. The zero-order chi connectivity index (χ0) is 8.97. The average molecular weight is 192 g/mol. The van der Waals surface area contributed by atoms with Crippen LogP contribution in [0.4, 0.5) is 0 Å². The molecule has 12 heavy (non-hydrogen) atoms. The zero-order valence-corrected chi connectivity index (χ0v) is 8.34. The molecule has 1 heterocycles. The lowest BCUT2D eigenvalue weighted by Gasteiger charge is -2.16. The highest BCUT2D eigenvalue weighted by atomic mass is 32.2. The summed E-state index contributed by atoms with van der Waals surface area (Å²) in [5.41, 5.74) is -0.0842. The Labute approximate surface area is 77.4 Å². The van der Waals surface area contributed by atoms with Crippen molar-refractivity contribution in [3.8, 4) is 0 Å². The zero-order valence-electron chi connectivity index (χ0n) is 7.53. The van der Waals surface area contributed by atoms with Crippen LogP contribution in [-0.4, -0.2) is 35.3 Å². The number of hydrogen-bond donors (Lipinski definition) is 1. The van der Waals surface area contributed by atoms with Gasteiger partial charge in [-0.2, -0.15) is 0 Å². The van der Waals surface area contributed by atoms with Gasteiger partial charge in [0.2, 0.25) is 0 Å². The van der Waals surface area contributed by atoms with E-state index in [0.717, 1.165) is 12.2 Å². The molecule has 1 aliphatic heterocycles. The molecule has 3 nitrogen and oxygen atoms in total. The second-order valence-electron chi connectivity index (χ2n) is 2.87. The first-order valence-corrected chi connectivity index (χ1v) is 5.34. The third kappa shape index (κ3) is 2.94. The minimum atomic E-state index is -0.123. The second kappa shape index (κ2) is 5.07. The summed E-state index contributed by atoms with van der Waals surface area (Å²) in [7, 11) is 0. The van der Waals surface area contributed by atoms with E-state index in [2.05, 4.69) is 6.92 Å². The number of aliphatic hydroxyl groups excluding tert-OH is 1. The summed E-state index contributed by atoms with van der Waals surface area (Å²) in [6.07, 6.45) is 1.11. The van der Waals surface area contributed by atoms with Crippen molar-refractivity contribution in [2.45, 2.75) is 38.1 Å². The van der Waals surface area contributed by atoms with Crippen LogP contribution in [0.25, 0.3) is 0 Å². The predicted octanol–water partition coefficient (Wildman–Crippen LogP) is 1.21. The van der Waals surface area contributed by atoms with Crippen molar-refractivity contribution in [1.82, 2.24) is 0 Å². The van der Waals surface area contributed by atoms with Crippen molar-refractivity contribution in [2.24, 2.45) is 0 Å². The molecule has 1 fully saturated rings. The summed E-state index contributed by atoms with van der Waals surface area (Å²) in [4.78, 5) is 0. The second-order valence-corrected chi connectivity index (χ2v) is 4.06. The molecule has 1 N–H and O–H groups in total. The van der Waals surface area contributed by atoms with Gasteiger partial charge in [-0.15, -0.1) is 11.8 Å². The predicted molar refractivity (Wildman–Crippen MR) is 49.0 cm³/mol. The normalized spacial score (nSPS) is 32.2. The van der Waals surface area contributed by atoms with Crippen LogP contribution in [0.3, 0.4) is 0 Å². The first kappa shape index (κ1) is 10.3. The van der Waals surface area contributed by atoms with Crippen molar-refractivity contribution in [3.63, 3.8) is 0 Å². The summed E-state index contributed by atoms with van der Waals surface area (Å²) in [5.74, 6) is 0.829. The molecule has 0 aromatic heterocycles. The molecular formula is C8H16O3S. The number of hydrogen-bond acceptors (Lipinski definition) is 4. The fraction of sp³-hybridized carbons (Fsp3) is 1.00. The summed E-state index contributed by atoms with van der Waals surface area (Å²) in [5, 5.41) is 8.77. The van der Waals surface area contributed by atoms with Gasteiger partial charge in [-0.3, -0.25) is 0 Å². The van der Waals surface area contributed by atoms with Gasteiger partial charge in [0.1, 0.15) is 5.44 Å². The third-order valence-corrected chi connectivity index (χ3v) is 2.93. The van der Waals surface area contributed by atoms with Crippen LogP contribution in [-0.2, 0) is 9.47 Å². The first-order valence-electron chi connectivity index (χ1n) is 4.29. The standard InChI is InChI=1S/C8H16O3S/c1-3-6(2)10-7-5-12-8(4-9)11-7/h6-9H,3-5H2,1-2H3/t6?,7?,8-/m1/s1. The molecule has 1 aliphatic rings. The Bertz CT molecular complexity index is 131. The van der Waals surface area contributed by atoms with Crippen molar-refractivity contribution in [1.29, 1.82) is 0 Å². The average Bonchev–Trinajstić information content (AvgIpc) is 2.52. The number of thioether (sulfide) groups is 1. The smallest absolute Gasteiger partial charge is 0.168 e. The maximum absolute atomic E-state index is 8.77. The molecule has 2 unspecified atom stereocenters.